The molecule has 198 valence electrons. The maximum absolute atomic E-state index is 13.9. The Labute approximate surface area is 211 Å². The molecule has 1 aromatic carbocycles. The van der Waals surface area contributed by atoms with Gasteiger partial charge in [-0.05, 0) is 58.1 Å². The highest BCUT2D eigenvalue weighted by Crippen LogP contribution is 2.35. The number of hydrogen-bond acceptors (Lipinski definition) is 7. The monoisotopic (exact) mass is 504 g/mol. The average molecular weight is 505 g/mol. The number of nitrogens with one attached hydrogen (secondary N) is 2. The van der Waals surface area contributed by atoms with Crippen molar-refractivity contribution in [2.75, 3.05) is 13.7 Å². The lowest BCUT2D eigenvalue weighted by molar-refractivity contribution is -0.149. The molecule has 0 aliphatic heterocycles. The Balaban J connectivity index is 2.49. The molecule has 11 heteroatoms. The zero-order chi connectivity index (χ0) is 27.0. The van der Waals surface area contributed by atoms with Crippen molar-refractivity contribution in [1.29, 1.82) is 0 Å². The predicted octanol–water partition coefficient (Wildman–Crippen LogP) is 1.48. The van der Waals surface area contributed by atoms with Crippen LogP contribution in [0.25, 0.3) is 0 Å². The van der Waals surface area contributed by atoms with Crippen LogP contribution in [-0.2, 0) is 28.7 Å². The molecule has 0 heterocycles. The summed E-state index contributed by atoms with van der Waals surface area (Å²) >= 11 is 0. The maximum Gasteiger partial charge on any atom is 0.408 e. The zero-order valence-electron chi connectivity index (χ0n) is 21.5. The number of nitrogens with two attached hydrogens (primary N) is 1. The van der Waals surface area contributed by atoms with Gasteiger partial charge in [0.25, 0.3) is 0 Å². The number of rotatable bonds is 10. The number of benzene rings is 1. The molecule has 1 aromatic rings. The van der Waals surface area contributed by atoms with Crippen molar-refractivity contribution in [1.82, 2.24) is 15.5 Å². The van der Waals surface area contributed by atoms with Crippen molar-refractivity contribution >= 4 is 29.8 Å². The van der Waals surface area contributed by atoms with Gasteiger partial charge in [-0.25, -0.2) is 4.79 Å². The molecule has 11 nitrogen and oxygen atoms in total. The second kappa shape index (κ2) is 12.4. The number of alkyl carbamates (subject to hydrolysis) is 1. The maximum atomic E-state index is 13.9. The fraction of sp³-hybridized carbons (Fsp3) is 0.560. The van der Waals surface area contributed by atoms with Crippen LogP contribution in [0.3, 0.4) is 0 Å². The lowest BCUT2D eigenvalue weighted by atomic mass is 9.87. The number of carbonyl (C=O) groups is 5. The van der Waals surface area contributed by atoms with Crippen molar-refractivity contribution in [3.63, 3.8) is 0 Å². The molecule has 4 N–H and O–H groups in total. The van der Waals surface area contributed by atoms with Gasteiger partial charge >= 0.3 is 12.1 Å². The third-order valence-electron chi connectivity index (χ3n) is 5.76. The van der Waals surface area contributed by atoms with Gasteiger partial charge in [0.1, 0.15) is 24.2 Å². The van der Waals surface area contributed by atoms with Crippen LogP contribution in [0.2, 0.25) is 0 Å². The van der Waals surface area contributed by atoms with Gasteiger partial charge in [0.2, 0.25) is 17.7 Å². The highest BCUT2D eigenvalue weighted by atomic mass is 16.6. The summed E-state index contributed by atoms with van der Waals surface area (Å²) in [5.74, 6) is -2.69. The number of primary amides is 1. The molecular formula is C25H36N4O7. The number of nitrogens with zero attached hydrogens (tertiary/aromatic N) is 1. The number of esters is 1. The third kappa shape index (κ3) is 7.96. The first-order chi connectivity index (χ1) is 16.8. The van der Waals surface area contributed by atoms with Gasteiger partial charge in [0.05, 0.1) is 13.5 Å². The number of aryl methyl sites for hydroxylation is 1. The van der Waals surface area contributed by atoms with Gasteiger partial charge in [0.15, 0.2) is 0 Å². The van der Waals surface area contributed by atoms with Gasteiger partial charge in [-0.1, -0.05) is 24.3 Å². The van der Waals surface area contributed by atoms with Crippen LogP contribution >= 0.6 is 0 Å². The van der Waals surface area contributed by atoms with Gasteiger partial charge in [-0.3, -0.25) is 19.2 Å². The van der Waals surface area contributed by atoms with Crippen LogP contribution in [0.5, 0.6) is 0 Å². The summed E-state index contributed by atoms with van der Waals surface area (Å²) < 4.78 is 9.88. The van der Waals surface area contributed by atoms with E-state index in [0.29, 0.717) is 18.4 Å². The average Bonchev–Trinajstić information content (AvgIpc) is 2.74. The number of methoxy groups -OCH3 is 1. The van der Waals surface area contributed by atoms with Crippen molar-refractivity contribution in [2.24, 2.45) is 5.73 Å². The van der Waals surface area contributed by atoms with E-state index in [4.69, 9.17) is 10.5 Å². The topological polar surface area (TPSA) is 157 Å². The lowest BCUT2D eigenvalue weighted by Gasteiger charge is -2.43. The van der Waals surface area contributed by atoms with Crippen molar-refractivity contribution < 1.29 is 33.4 Å². The molecule has 1 saturated carbocycles. The molecule has 0 spiro atoms. The largest absolute Gasteiger partial charge is 0.468 e. The van der Waals surface area contributed by atoms with Crippen LogP contribution in [0.15, 0.2) is 24.3 Å². The first kappa shape index (κ1) is 28.6. The Hall–Kier alpha value is -3.63. The second-order valence-electron chi connectivity index (χ2n) is 9.75. The molecule has 1 aliphatic carbocycles. The Morgan fingerprint density at radius 3 is 2.28 bits per heavy atom. The lowest BCUT2D eigenvalue weighted by Crippen LogP contribution is -2.58. The zero-order valence-corrected chi connectivity index (χ0v) is 21.5. The molecule has 4 amide bonds. The second-order valence-corrected chi connectivity index (χ2v) is 9.75. The first-order valence-corrected chi connectivity index (χ1v) is 11.8. The van der Waals surface area contributed by atoms with Crippen LogP contribution in [-0.4, -0.2) is 66.0 Å². The van der Waals surface area contributed by atoms with E-state index in [1.165, 1.54) is 12.0 Å². The Kier molecular flexibility index (Phi) is 9.83. The van der Waals surface area contributed by atoms with E-state index in [-0.39, 0.29) is 12.6 Å². The molecule has 2 rings (SSSR count). The highest BCUT2D eigenvalue weighted by Gasteiger charge is 2.42. The van der Waals surface area contributed by atoms with E-state index < -0.39 is 53.9 Å². The minimum atomic E-state index is -1.35. The molecule has 0 bridgehead atoms. The van der Waals surface area contributed by atoms with Crippen LogP contribution in [0, 0.1) is 6.92 Å². The Morgan fingerprint density at radius 1 is 1.14 bits per heavy atom. The van der Waals surface area contributed by atoms with E-state index in [1.807, 2.05) is 0 Å². The smallest absolute Gasteiger partial charge is 0.408 e. The first-order valence-electron chi connectivity index (χ1n) is 11.8. The number of ether oxygens (including phenoxy) is 2. The van der Waals surface area contributed by atoms with Crippen LogP contribution < -0.4 is 16.4 Å². The minimum absolute atomic E-state index is 0.318. The highest BCUT2D eigenvalue weighted by molar-refractivity contribution is 5.95. The van der Waals surface area contributed by atoms with Gasteiger partial charge < -0.3 is 30.7 Å². The number of hydrogen-bond donors (Lipinski definition) is 3. The van der Waals surface area contributed by atoms with E-state index in [2.05, 4.69) is 15.4 Å². The molecule has 2 atom stereocenters. The van der Waals surface area contributed by atoms with Crippen LogP contribution in [0.4, 0.5) is 4.79 Å². The van der Waals surface area contributed by atoms with Crippen molar-refractivity contribution in [2.45, 2.75) is 77.1 Å². The fourth-order valence-corrected chi connectivity index (χ4v) is 3.85. The molecule has 0 radical (unpaired) electrons. The molecule has 1 aliphatic rings. The fourth-order valence-electron chi connectivity index (χ4n) is 3.85. The summed E-state index contributed by atoms with van der Waals surface area (Å²) in [4.78, 5) is 64.7. The Morgan fingerprint density at radius 2 is 1.78 bits per heavy atom. The molecule has 36 heavy (non-hydrogen) atoms. The van der Waals surface area contributed by atoms with Gasteiger partial charge in [-0.2, -0.15) is 0 Å². The normalized spacial score (nSPS) is 15.0. The van der Waals surface area contributed by atoms with Crippen molar-refractivity contribution in [3.05, 3.63) is 35.4 Å². The molecule has 1 fully saturated rings. The van der Waals surface area contributed by atoms with Crippen molar-refractivity contribution in [3.8, 4) is 0 Å². The quantitative estimate of drug-likeness (QED) is 0.407. The standard InChI is InChI=1S/C25H36N4O7/c1-15-9-6-7-12-17(15)21(22(32)27-14-20(31)35-5)29(16-10-8-11-16)23(33)18(13-19(26)30)28-24(34)36-25(2,3)4/h6-7,9,12,16,18,21H,8,10-11,13-14H2,1-5H3,(H2,26,30)(H,27,32)(H,28,34). The van der Waals surface area contributed by atoms with E-state index in [1.54, 1.807) is 52.0 Å². The summed E-state index contributed by atoms with van der Waals surface area (Å²) in [6.45, 7) is 6.42. The summed E-state index contributed by atoms with van der Waals surface area (Å²) in [5.41, 5.74) is 5.85. The number of carbonyl (C=O) groups excluding carboxylic acids is 5. The summed E-state index contributed by atoms with van der Waals surface area (Å²) in [5, 5.41) is 4.99. The predicted molar refractivity (Wildman–Crippen MR) is 130 cm³/mol. The van der Waals surface area contributed by atoms with E-state index >= 15 is 0 Å². The number of amides is 4. The molecule has 0 saturated heterocycles. The van der Waals surface area contributed by atoms with Gasteiger partial charge in [-0.15, -0.1) is 0 Å². The SMILES string of the molecule is COC(=O)CNC(=O)C(c1ccccc1C)N(C(=O)C(CC(N)=O)NC(=O)OC(C)(C)C)C1CCC1. The summed E-state index contributed by atoms with van der Waals surface area (Å²) in [7, 11) is 1.20. The third-order valence-corrected chi connectivity index (χ3v) is 5.76. The summed E-state index contributed by atoms with van der Waals surface area (Å²) in [6.07, 6.45) is 0.741. The summed E-state index contributed by atoms with van der Waals surface area (Å²) in [6, 6.07) is 4.29. The van der Waals surface area contributed by atoms with E-state index in [0.717, 1.165) is 12.0 Å². The Bertz CT molecular complexity index is 985. The molecule has 0 aromatic heterocycles. The molecule has 2 unspecified atom stereocenters. The molecular weight excluding hydrogens is 468 g/mol. The van der Waals surface area contributed by atoms with E-state index in [9.17, 15) is 24.0 Å². The van der Waals surface area contributed by atoms with Crippen LogP contribution in [0.1, 0.15) is 63.6 Å². The minimum Gasteiger partial charge on any atom is -0.468 e. The van der Waals surface area contributed by atoms with Gasteiger partial charge in [0, 0.05) is 6.04 Å².